The number of rotatable bonds is 0. The Bertz CT molecular complexity index is 545. The molecule has 3 rings (SSSR count). The molecule has 0 unspecified atom stereocenters. The van der Waals surface area contributed by atoms with Crippen LogP contribution in [0.4, 0.5) is 0 Å². The highest BCUT2D eigenvalue weighted by molar-refractivity contribution is 5.82. The molecule has 0 fully saturated rings. The first-order valence-corrected chi connectivity index (χ1v) is 4.70. The van der Waals surface area contributed by atoms with Gasteiger partial charge < -0.3 is 5.32 Å². The predicted octanol–water partition coefficient (Wildman–Crippen LogP) is 0.758. The Morgan fingerprint density at radius 2 is 1.86 bits per heavy atom. The van der Waals surface area contributed by atoms with E-state index in [-0.39, 0.29) is 0 Å². The molecule has 14 heavy (non-hydrogen) atoms. The summed E-state index contributed by atoms with van der Waals surface area (Å²) in [5, 5.41) is 7.90. The van der Waals surface area contributed by atoms with Crippen molar-refractivity contribution in [3.8, 4) is 0 Å². The zero-order valence-corrected chi connectivity index (χ0v) is 7.70. The smallest absolute Gasteiger partial charge is 0.108 e. The first-order valence-electron chi connectivity index (χ1n) is 4.70. The van der Waals surface area contributed by atoms with E-state index in [1.165, 1.54) is 16.0 Å². The minimum absolute atomic E-state index is 0.686. The van der Waals surface area contributed by atoms with Gasteiger partial charge in [0.1, 0.15) is 6.67 Å². The largest absolute Gasteiger partial charge is 0.372 e. The van der Waals surface area contributed by atoms with Gasteiger partial charge >= 0.3 is 0 Å². The standard InChI is InChI=1S/C12H10N2/c1-2-4-10-6-12-11(5-9(10)3-1)7-13-8-14-12/h1-7,13H,8H2. The van der Waals surface area contributed by atoms with Gasteiger partial charge in [-0.05, 0) is 22.9 Å². The highest BCUT2D eigenvalue weighted by atomic mass is 15.0. The summed E-state index contributed by atoms with van der Waals surface area (Å²) in [7, 11) is 0. The molecule has 1 heterocycles. The lowest BCUT2D eigenvalue weighted by Gasteiger charge is -2.03. The molecule has 1 N–H and O–H groups in total. The third-order valence-electron chi connectivity index (χ3n) is 2.49. The van der Waals surface area contributed by atoms with Crippen molar-refractivity contribution < 1.29 is 0 Å². The summed E-state index contributed by atoms with van der Waals surface area (Å²) in [6.07, 6.45) is 2.02. The monoisotopic (exact) mass is 182 g/mol. The zero-order chi connectivity index (χ0) is 9.38. The molecule has 0 saturated heterocycles. The molecule has 0 aliphatic carbocycles. The molecule has 0 bridgehead atoms. The van der Waals surface area contributed by atoms with E-state index < -0.39 is 0 Å². The van der Waals surface area contributed by atoms with Gasteiger partial charge in [-0.3, -0.25) is 4.99 Å². The van der Waals surface area contributed by atoms with Crippen LogP contribution in [-0.2, 0) is 0 Å². The molecule has 1 aliphatic heterocycles. The van der Waals surface area contributed by atoms with E-state index in [1.54, 1.807) is 0 Å². The van der Waals surface area contributed by atoms with Crippen LogP contribution in [0, 0.1) is 0 Å². The number of hydrogen-bond donors (Lipinski definition) is 1. The van der Waals surface area contributed by atoms with Crippen LogP contribution in [0.15, 0.2) is 41.4 Å². The first-order chi connectivity index (χ1) is 6.93. The first kappa shape index (κ1) is 7.56. The summed E-state index contributed by atoms with van der Waals surface area (Å²) in [5.41, 5.74) is 0. The topological polar surface area (TPSA) is 24.4 Å². The molecule has 2 nitrogen and oxygen atoms in total. The Hall–Kier alpha value is -1.83. The Morgan fingerprint density at radius 3 is 2.71 bits per heavy atom. The number of benzene rings is 2. The van der Waals surface area contributed by atoms with Crippen molar-refractivity contribution in [3.63, 3.8) is 0 Å². The lowest BCUT2D eigenvalue weighted by atomic mass is 10.1. The molecule has 0 amide bonds. The highest BCUT2D eigenvalue weighted by Gasteiger charge is 1.96. The van der Waals surface area contributed by atoms with Crippen molar-refractivity contribution >= 4 is 17.0 Å². The van der Waals surface area contributed by atoms with Crippen LogP contribution >= 0.6 is 0 Å². The van der Waals surface area contributed by atoms with Gasteiger partial charge in [0.2, 0.25) is 0 Å². The third kappa shape index (κ3) is 1.08. The maximum Gasteiger partial charge on any atom is 0.108 e. The van der Waals surface area contributed by atoms with E-state index in [2.05, 4.69) is 46.7 Å². The van der Waals surface area contributed by atoms with Crippen LogP contribution in [0.25, 0.3) is 17.0 Å². The number of nitrogens with zero attached hydrogens (tertiary/aromatic N) is 1. The zero-order valence-electron chi connectivity index (χ0n) is 7.70. The second-order valence-electron chi connectivity index (χ2n) is 3.42. The summed E-state index contributed by atoms with van der Waals surface area (Å²) in [6, 6.07) is 12.7. The van der Waals surface area contributed by atoms with E-state index in [9.17, 15) is 0 Å². The Balaban J connectivity index is 2.51. The van der Waals surface area contributed by atoms with Crippen molar-refractivity contribution in [1.29, 1.82) is 0 Å². The van der Waals surface area contributed by atoms with Crippen molar-refractivity contribution in [2.24, 2.45) is 4.99 Å². The fraction of sp³-hybridized carbons (Fsp3) is 0.0833. The third-order valence-corrected chi connectivity index (χ3v) is 2.49. The van der Waals surface area contributed by atoms with E-state index in [4.69, 9.17) is 0 Å². The Labute approximate surface area is 81.6 Å². The summed E-state index contributed by atoms with van der Waals surface area (Å²) < 4.78 is 0. The van der Waals surface area contributed by atoms with Gasteiger partial charge in [-0.15, -0.1) is 0 Å². The molecule has 0 saturated carbocycles. The lowest BCUT2D eigenvalue weighted by molar-refractivity contribution is 0.869. The van der Waals surface area contributed by atoms with Crippen LogP contribution in [0.1, 0.15) is 0 Å². The second kappa shape index (κ2) is 2.84. The Kier molecular flexibility index (Phi) is 1.53. The van der Waals surface area contributed by atoms with Gasteiger partial charge in [0.05, 0.1) is 5.36 Å². The lowest BCUT2D eigenvalue weighted by Crippen LogP contribution is -2.33. The van der Waals surface area contributed by atoms with Gasteiger partial charge in [-0.2, -0.15) is 0 Å². The fourth-order valence-corrected chi connectivity index (χ4v) is 1.78. The summed E-state index contributed by atoms with van der Waals surface area (Å²) >= 11 is 0. The van der Waals surface area contributed by atoms with Gasteiger partial charge in [0.15, 0.2) is 0 Å². The van der Waals surface area contributed by atoms with Crippen LogP contribution in [0.5, 0.6) is 0 Å². The number of fused-ring (bicyclic) bond motifs is 2. The van der Waals surface area contributed by atoms with E-state index in [0.29, 0.717) is 6.67 Å². The maximum atomic E-state index is 4.40. The minimum Gasteiger partial charge on any atom is -0.372 e. The molecule has 68 valence electrons. The quantitative estimate of drug-likeness (QED) is 0.639. The summed E-state index contributed by atoms with van der Waals surface area (Å²) in [6.45, 7) is 0.686. The fourth-order valence-electron chi connectivity index (χ4n) is 1.78. The predicted molar refractivity (Wildman–Crippen MR) is 57.2 cm³/mol. The molecule has 1 aliphatic rings. The van der Waals surface area contributed by atoms with Crippen LogP contribution in [-0.4, -0.2) is 6.67 Å². The van der Waals surface area contributed by atoms with Crippen molar-refractivity contribution in [1.82, 2.24) is 5.32 Å². The van der Waals surface area contributed by atoms with Crippen molar-refractivity contribution in [2.45, 2.75) is 0 Å². The molecule has 2 heteroatoms. The Morgan fingerprint density at radius 1 is 1.07 bits per heavy atom. The molecular formula is C12H10N2. The number of hydrogen-bond acceptors (Lipinski definition) is 2. The summed E-state index contributed by atoms with van der Waals surface area (Å²) in [4.78, 5) is 4.40. The van der Waals surface area contributed by atoms with Gasteiger partial charge in [-0.25, -0.2) is 0 Å². The molecule has 0 radical (unpaired) electrons. The van der Waals surface area contributed by atoms with Crippen molar-refractivity contribution in [2.75, 3.05) is 6.67 Å². The normalized spacial score (nSPS) is 13.7. The van der Waals surface area contributed by atoms with Crippen LogP contribution in [0.3, 0.4) is 0 Å². The molecule has 0 atom stereocenters. The molecule has 2 aromatic rings. The minimum atomic E-state index is 0.686. The average molecular weight is 182 g/mol. The van der Waals surface area contributed by atoms with Crippen molar-refractivity contribution in [3.05, 3.63) is 47.0 Å². The van der Waals surface area contributed by atoms with E-state index >= 15 is 0 Å². The number of nitrogens with one attached hydrogen (secondary N) is 1. The molecular weight excluding hydrogens is 172 g/mol. The van der Waals surface area contributed by atoms with E-state index in [0.717, 1.165) is 5.36 Å². The molecule has 0 aromatic heterocycles. The second-order valence-corrected chi connectivity index (χ2v) is 3.42. The summed E-state index contributed by atoms with van der Waals surface area (Å²) in [5.74, 6) is 0. The highest BCUT2D eigenvalue weighted by Crippen LogP contribution is 2.07. The SMILES string of the molecule is C1=c2cc3ccccc3cc2=NCN1. The van der Waals surface area contributed by atoms with Crippen LogP contribution < -0.4 is 15.9 Å². The van der Waals surface area contributed by atoms with Gasteiger partial charge in [-0.1, -0.05) is 24.3 Å². The molecule has 2 aromatic carbocycles. The maximum absolute atomic E-state index is 4.40. The van der Waals surface area contributed by atoms with Gasteiger partial charge in [0, 0.05) is 11.4 Å². The van der Waals surface area contributed by atoms with E-state index in [1.807, 2.05) is 6.20 Å². The average Bonchev–Trinajstić information content (AvgIpc) is 2.26. The molecule has 0 spiro atoms. The van der Waals surface area contributed by atoms with Gasteiger partial charge in [0.25, 0.3) is 0 Å². The van der Waals surface area contributed by atoms with Crippen LogP contribution in [0.2, 0.25) is 0 Å².